The van der Waals surface area contributed by atoms with Gasteiger partial charge < -0.3 is 20.1 Å². The number of carbonyl (C=O) groups is 1. The number of nitrogens with one attached hydrogen (secondary N) is 3. The number of fused-ring (bicyclic) bond motifs is 1. The molecule has 3 N–H and O–H groups in total. The molecule has 0 aliphatic carbocycles. The van der Waals surface area contributed by atoms with Gasteiger partial charge in [-0.1, -0.05) is 6.92 Å². The molecule has 35 heavy (non-hydrogen) atoms. The van der Waals surface area contributed by atoms with Crippen molar-refractivity contribution in [1.29, 1.82) is 0 Å². The van der Waals surface area contributed by atoms with Gasteiger partial charge >= 0.3 is 0 Å². The number of benzene rings is 1. The van der Waals surface area contributed by atoms with Gasteiger partial charge in [0.2, 0.25) is 10.0 Å². The third kappa shape index (κ3) is 5.70. The summed E-state index contributed by atoms with van der Waals surface area (Å²) in [6.07, 6.45) is 7.39. The van der Waals surface area contributed by atoms with E-state index in [0.29, 0.717) is 35.8 Å². The third-order valence-electron chi connectivity index (χ3n) is 6.30. The third-order valence-corrected chi connectivity index (χ3v) is 6.90. The highest BCUT2D eigenvalue weighted by atomic mass is 32.2. The number of H-pyrrole nitrogens is 1. The SMILES string of the molecule is CCCN(c1ncccc1NCC)C1CCN(C(=O)c2c[nH]c3ccc(NS(C)(=O)=O)cc23)CC1. The van der Waals surface area contributed by atoms with E-state index in [1.54, 1.807) is 24.4 Å². The largest absolute Gasteiger partial charge is 0.382 e. The molecule has 1 saturated heterocycles. The molecule has 0 unspecified atom stereocenters. The Bertz CT molecular complexity index is 1280. The second-order valence-electron chi connectivity index (χ2n) is 8.96. The van der Waals surface area contributed by atoms with Crippen molar-refractivity contribution in [1.82, 2.24) is 14.9 Å². The fourth-order valence-corrected chi connectivity index (χ4v) is 5.34. The van der Waals surface area contributed by atoms with Gasteiger partial charge in [-0.25, -0.2) is 13.4 Å². The number of anilines is 3. The molecule has 3 heterocycles. The Labute approximate surface area is 207 Å². The molecular formula is C25H34N6O3S. The first-order valence-corrected chi connectivity index (χ1v) is 14.0. The van der Waals surface area contributed by atoms with E-state index in [-0.39, 0.29) is 5.91 Å². The van der Waals surface area contributed by atoms with Gasteiger partial charge in [0, 0.05) is 61.2 Å². The van der Waals surface area contributed by atoms with Gasteiger partial charge in [0.05, 0.1) is 17.5 Å². The molecular weight excluding hydrogens is 464 g/mol. The standard InChI is InChI=1S/C25H34N6O3S/c1-4-13-31(24-23(26-5-2)7-6-12-27-24)19-10-14-30(15-11-19)25(32)21-17-28-22-9-8-18(16-20(21)22)29-35(3,33)34/h6-9,12,16-17,19,26,28-29H,4-5,10-11,13-15H2,1-3H3. The maximum Gasteiger partial charge on any atom is 0.256 e. The maximum absolute atomic E-state index is 13.4. The second-order valence-corrected chi connectivity index (χ2v) is 10.7. The van der Waals surface area contributed by atoms with Gasteiger partial charge in [-0.05, 0) is 56.5 Å². The van der Waals surface area contributed by atoms with Crippen LogP contribution in [-0.4, -0.2) is 67.7 Å². The van der Waals surface area contributed by atoms with Crippen LogP contribution in [0, 0.1) is 0 Å². The molecule has 2 aromatic heterocycles. The first-order chi connectivity index (χ1) is 16.8. The number of rotatable bonds is 9. The van der Waals surface area contributed by atoms with Gasteiger partial charge in [0.1, 0.15) is 0 Å². The Balaban J connectivity index is 1.50. The molecule has 4 rings (SSSR count). The van der Waals surface area contributed by atoms with Crippen molar-refractivity contribution in [3.05, 3.63) is 48.3 Å². The van der Waals surface area contributed by atoms with Crippen molar-refractivity contribution in [3.63, 3.8) is 0 Å². The number of carbonyl (C=O) groups excluding carboxylic acids is 1. The molecule has 0 bridgehead atoms. The molecule has 188 valence electrons. The molecule has 10 heteroatoms. The van der Waals surface area contributed by atoms with Crippen LogP contribution in [0.15, 0.2) is 42.7 Å². The lowest BCUT2D eigenvalue weighted by Gasteiger charge is -2.39. The summed E-state index contributed by atoms with van der Waals surface area (Å²) in [5, 5.41) is 4.13. The van der Waals surface area contributed by atoms with Crippen LogP contribution in [0.25, 0.3) is 10.9 Å². The molecule has 9 nitrogen and oxygen atoms in total. The average Bonchev–Trinajstić information content (AvgIpc) is 3.25. The molecule has 1 amide bonds. The van der Waals surface area contributed by atoms with Crippen molar-refractivity contribution in [2.75, 3.05) is 47.4 Å². The van der Waals surface area contributed by atoms with E-state index < -0.39 is 10.0 Å². The number of sulfonamides is 1. The zero-order valence-electron chi connectivity index (χ0n) is 20.5. The van der Waals surface area contributed by atoms with Crippen molar-refractivity contribution < 1.29 is 13.2 Å². The molecule has 1 aliphatic rings. The van der Waals surface area contributed by atoms with Crippen LogP contribution in [0.4, 0.5) is 17.2 Å². The Morgan fingerprint density at radius 2 is 2.00 bits per heavy atom. The van der Waals surface area contributed by atoms with Crippen LogP contribution in [0.5, 0.6) is 0 Å². The minimum absolute atomic E-state index is 0.0422. The summed E-state index contributed by atoms with van der Waals surface area (Å²) >= 11 is 0. The van der Waals surface area contributed by atoms with Crippen molar-refractivity contribution in [2.24, 2.45) is 0 Å². The molecule has 1 aliphatic heterocycles. The highest BCUT2D eigenvalue weighted by molar-refractivity contribution is 7.92. The lowest BCUT2D eigenvalue weighted by Crippen LogP contribution is -2.47. The fourth-order valence-electron chi connectivity index (χ4n) is 4.78. The molecule has 1 aromatic carbocycles. The van der Waals surface area contributed by atoms with E-state index >= 15 is 0 Å². The summed E-state index contributed by atoms with van der Waals surface area (Å²) in [7, 11) is -3.40. The summed E-state index contributed by atoms with van der Waals surface area (Å²) < 4.78 is 25.7. The number of nitrogens with zero attached hydrogens (tertiary/aromatic N) is 3. The zero-order valence-corrected chi connectivity index (χ0v) is 21.4. The van der Waals surface area contributed by atoms with E-state index in [1.807, 2.05) is 17.2 Å². The van der Waals surface area contributed by atoms with Crippen molar-refractivity contribution >= 4 is 44.0 Å². The zero-order chi connectivity index (χ0) is 25.0. The molecule has 0 saturated carbocycles. The van der Waals surface area contributed by atoms with Crippen LogP contribution in [0.1, 0.15) is 43.5 Å². The van der Waals surface area contributed by atoms with Crippen LogP contribution in [0.2, 0.25) is 0 Å². The van der Waals surface area contributed by atoms with Crippen LogP contribution >= 0.6 is 0 Å². The first-order valence-electron chi connectivity index (χ1n) is 12.1. The number of pyridine rings is 1. The Kier molecular flexibility index (Phi) is 7.49. The van der Waals surface area contributed by atoms with Crippen LogP contribution in [-0.2, 0) is 10.0 Å². The lowest BCUT2D eigenvalue weighted by molar-refractivity contribution is 0.0714. The first kappa shape index (κ1) is 24.8. The van der Waals surface area contributed by atoms with E-state index in [2.05, 4.69) is 44.8 Å². The summed E-state index contributed by atoms with van der Waals surface area (Å²) in [5.41, 5.74) is 2.83. The van der Waals surface area contributed by atoms with Gasteiger partial charge in [0.15, 0.2) is 5.82 Å². The topological polar surface area (TPSA) is 110 Å². The lowest BCUT2D eigenvalue weighted by atomic mass is 10.0. The van der Waals surface area contributed by atoms with E-state index in [4.69, 9.17) is 0 Å². The summed E-state index contributed by atoms with van der Waals surface area (Å²) in [6, 6.07) is 9.49. The van der Waals surface area contributed by atoms with E-state index in [9.17, 15) is 13.2 Å². The number of likely N-dealkylation sites (tertiary alicyclic amines) is 1. The number of hydrogen-bond acceptors (Lipinski definition) is 6. The molecule has 0 radical (unpaired) electrons. The molecule has 1 fully saturated rings. The number of aromatic amines is 1. The highest BCUT2D eigenvalue weighted by Gasteiger charge is 2.29. The minimum atomic E-state index is -3.40. The smallest absolute Gasteiger partial charge is 0.256 e. The predicted octanol–water partition coefficient (Wildman–Crippen LogP) is 3.89. The predicted molar refractivity (Wildman–Crippen MR) is 142 cm³/mol. The van der Waals surface area contributed by atoms with Crippen LogP contribution < -0.4 is 14.9 Å². The fraction of sp³-hybridized carbons (Fsp3) is 0.440. The number of amides is 1. The Hall–Kier alpha value is -3.27. The normalized spacial score (nSPS) is 14.8. The molecule has 0 spiro atoms. The second kappa shape index (κ2) is 10.6. The number of piperidine rings is 1. The number of hydrogen-bond donors (Lipinski definition) is 3. The highest BCUT2D eigenvalue weighted by Crippen LogP contribution is 2.30. The summed E-state index contributed by atoms with van der Waals surface area (Å²) in [5.74, 6) is 0.933. The number of aromatic nitrogens is 2. The van der Waals surface area contributed by atoms with Gasteiger partial charge in [-0.3, -0.25) is 9.52 Å². The van der Waals surface area contributed by atoms with E-state index in [0.717, 1.165) is 55.6 Å². The van der Waals surface area contributed by atoms with E-state index in [1.165, 1.54) is 0 Å². The Morgan fingerprint density at radius 1 is 1.23 bits per heavy atom. The Morgan fingerprint density at radius 3 is 2.69 bits per heavy atom. The average molecular weight is 499 g/mol. The monoisotopic (exact) mass is 498 g/mol. The quantitative estimate of drug-likeness (QED) is 0.413. The van der Waals surface area contributed by atoms with Gasteiger partial charge in [0.25, 0.3) is 5.91 Å². The minimum Gasteiger partial charge on any atom is -0.382 e. The maximum atomic E-state index is 13.4. The van der Waals surface area contributed by atoms with Gasteiger partial charge in [-0.15, -0.1) is 0 Å². The van der Waals surface area contributed by atoms with Gasteiger partial charge in [-0.2, -0.15) is 0 Å². The summed E-state index contributed by atoms with van der Waals surface area (Å²) in [6.45, 7) is 7.30. The molecule has 3 aromatic rings. The van der Waals surface area contributed by atoms with Crippen molar-refractivity contribution in [3.8, 4) is 0 Å². The van der Waals surface area contributed by atoms with Crippen LogP contribution in [0.3, 0.4) is 0 Å². The summed E-state index contributed by atoms with van der Waals surface area (Å²) in [4.78, 5) is 25.5. The molecule has 0 atom stereocenters. The van der Waals surface area contributed by atoms with Crippen molar-refractivity contribution in [2.45, 2.75) is 39.2 Å².